The summed E-state index contributed by atoms with van der Waals surface area (Å²) >= 11 is 0. The number of carbonyl (C=O) groups is 2. The highest BCUT2D eigenvalue weighted by atomic mass is 16.2. The van der Waals surface area contributed by atoms with Gasteiger partial charge in [0.25, 0.3) is 5.91 Å². The standard InChI is InChI=1S/C14H17N3O2/c1-3-10-5-4-9(2)12(8-10)15-14(19)11-6-7-13(18)17-16-11/h4-5,8H,3,6-7H2,1-2H3,(H,15,19)(H,17,18). The average Bonchev–Trinajstić information content (AvgIpc) is 2.42. The van der Waals surface area contributed by atoms with Gasteiger partial charge in [0.05, 0.1) is 0 Å². The van der Waals surface area contributed by atoms with E-state index in [-0.39, 0.29) is 11.8 Å². The maximum absolute atomic E-state index is 12.0. The highest BCUT2D eigenvalue weighted by Crippen LogP contribution is 2.17. The summed E-state index contributed by atoms with van der Waals surface area (Å²) < 4.78 is 0. The fourth-order valence-corrected chi connectivity index (χ4v) is 1.86. The van der Waals surface area contributed by atoms with E-state index in [9.17, 15) is 9.59 Å². The van der Waals surface area contributed by atoms with Crippen LogP contribution in [0.1, 0.15) is 30.9 Å². The number of nitrogens with zero attached hydrogens (tertiary/aromatic N) is 1. The maximum atomic E-state index is 12.0. The number of nitrogens with one attached hydrogen (secondary N) is 2. The first-order valence-corrected chi connectivity index (χ1v) is 6.36. The van der Waals surface area contributed by atoms with Gasteiger partial charge < -0.3 is 5.32 Å². The summed E-state index contributed by atoms with van der Waals surface area (Å²) in [6, 6.07) is 6.00. The van der Waals surface area contributed by atoms with Crippen molar-refractivity contribution in [3.63, 3.8) is 0 Å². The van der Waals surface area contributed by atoms with Crippen LogP contribution in [-0.4, -0.2) is 17.5 Å². The highest BCUT2D eigenvalue weighted by molar-refractivity contribution is 6.43. The van der Waals surface area contributed by atoms with Crippen LogP contribution >= 0.6 is 0 Å². The van der Waals surface area contributed by atoms with Gasteiger partial charge in [0.15, 0.2) is 0 Å². The number of amides is 2. The number of hydrogen-bond acceptors (Lipinski definition) is 3. The zero-order valence-corrected chi connectivity index (χ0v) is 11.1. The fourth-order valence-electron chi connectivity index (χ4n) is 1.86. The first-order chi connectivity index (χ1) is 9.10. The molecule has 1 aromatic carbocycles. The molecule has 2 N–H and O–H groups in total. The molecule has 0 unspecified atom stereocenters. The normalized spacial score (nSPS) is 14.6. The Morgan fingerprint density at radius 3 is 2.84 bits per heavy atom. The Morgan fingerprint density at radius 2 is 2.21 bits per heavy atom. The second-order valence-corrected chi connectivity index (χ2v) is 4.55. The highest BCUT2D eigenvalue weighted by Gasteiger charge is 2.18. The van der Waals surface area contributed by atoms with Crippen LogP contribution in [-0.2, 0) is 16.0 Å². The van der Waals surface area contributed by atoms with Gasteiger partial charge in [-0.25, -0.2) is 5.43 Å². The van der Waals surface area contributed by atoms with Crippen LogP contribution < -0.4 is 10.7 Å². The lowest BCUT2D eigenvalue weighted by atomic mass is 10.1. The van der Waals surface area contributed by atoms with Gasteiger partial charge in [0.1, 0.15) is 5.71 Å². The van der Waals surface area contributed by atoms with E-state index < -0.39 is 0 Å². The minimum absolute atomic E-state index is 0.152. The molecule has 1 heterocycles. The summed E-state index contributed by atoms with van der Waals surface area (Å²) in [4.78, 5) is 23.0. The zero-order chi connectivity index (χ0) is 13.8. The van der Waals surface area contributed by atoms with E-state index in [1.54, 1.807) is 0 Å². The number of benzene rings is 1. The third-order valence-electron chi connectivity index (χ3n) is 3.12. The SMILES string of the molecule is CCc1ccc(C)c(NC(=O)C2=NNC(=O)CC2)c1. The van der Waals surface area contributed by atoms with Crippen molar-refractivity contribution in [1.29, 1.82) is 0 Å². The molecule has 1 aliphatic rings. The van der Waals surface area contributed by atoms with E-state index in [4.69, 9.17) is 0 Å². The molecule has 2 rings (SSSR count). The molecule has 0 saturated carbocycles. The van der Waals surface area contributed by atoms with Gasteiger partial charge in [-0.2, -0.15) is 5.10 Å². The summed E-state index contributed by atoms with van der Waals surface area (Å²) in [5, 5.41) is 6.63. The Balaban J connectivity index is 2.12. The third kappa shape index (κ3) is 3.19. The Hall–Kier alpha value is -2.17. The van der Waals surface area contributed by atoms with Crippen molar-refractivity contribution in [2.75, 3.05) is 5.32 Å². The molecule has 0 fully saturated rings. The molecular weight excluding hydrogens is 242 g/mol. The summed E-state index contributed by atoms with van der Waals surface area (Å²) in [6.07, 6.45) is 1.60. The van der Waals surface area contributed by atoms with Crippen molar-refractivity contribution in [2.45, 2.75) is 33.1 Å². The molecule has 2 amide bonds. The monoisotopic (exact) mass is 259 g/mol. The van der Waals surface area contributed by atoms with E-state index in [0.29, 0.717) is 18.6 Å². The molecule has 5 nitrogen and oxygen atoms in total. The van der Waals surface area contributed by atoms with E-state index in [1.165, 1.54) is 5.56 Å². The molecule has 0 aromatic heterocycles. The van der Waals surface area contributed by atoms with Crippen molar-refractivity contribution < 1.29 is 9.59 Å². The number of aryl methyl sites for hydroxylation is 2. The van der Waals surface area contributed by atoms with Gasteiger partial charge in [-0.1, -0.05) is 19.1 Å². The first-order valence-electron chi connectivity index (χ1n) is 6.36. The van der Waals surface area contributed by atoms with Gasteiger partial charge in [-0.3, -0.25) is 9.59 Å². The van der Waals surface area contributed by atoms with E-state index >= 15 is 0 Å². The first kappa shape index (κ1) is 13.3. The second kappa shape index (κ2) is 5.65. The average molecular weight is 259 g/mol. The summed E-state index contributed by atoms with van der Waals surface area (Å²) in [5.41, 5.74) is 5.65. The topological polar surface area (TPSA) is 70.6 Å². The lowest BCUT2D eigenvalue weighted by molar-refractivity contribution is -0.121. The maximum Gasteiger partial charge on any atom is 0.271 e. The molecule has 0 radical (unpaired) electrons. The molecule has 19 heavy (non-hydrogen) atoms. The number of hydrogen-bond donors (Lipinski definition) is 2. The van der Waals surface area contributed by atoms with Crippen LogP contribution in [0.25, 0.3) is 0 Å². The molecule has 5 heteroatoms. The summed E-state index contributed by atoms with van der Waals surface area (Å²) in [7, 11) is 0. The Labute approximate surface area is 112 Å². The predicted molar refractivity (Wildman–Crippen MR) is 74.0 cm³/mol. The van der Waals surface area contributed by atoms with Gasteiger partial charge in [-0.15, -0.1) is 0 Å². The van der Waals surface area contributed by atoms with Crippen molar-refractivity contribution >= 4 is 23.2 Å². The number of hydrazone groups is 1. The number of carbonyl (C=O) groups excluding carboxylic acids is 2. The third-order valence-corrected chi connectivity index (χ3v) is 3.12. The smallest absolute Gasteiger partial charge is 0.271 e. The second-order valence-electron chi connectivity index (χ2n) is 4.55. The lowest BCUT2D eigenvalue weighted by Gasteiger charge is -2.13. The van der Waals surface area contributed by atoms with Crippen molar-refractivity contribution in [1.82, 2.24) is 5.43 Å². The van der Waals surface area contributed by atoms with Crippen LogP contribution in [0.2, 0.25) is 0 Å². The van der Waals surface area contributed by atoms with Gasteiger partial charge in [0.2, 0.25) is 5.91 Å². The molecule has 0 spiro atoms. The van der Waals surface area contributed by atoms with E-state index in [0.717, 1.165) is 17.7 Å². The molecular formula is C14H17N3O2. The molecule has 100 valence electrons. The zero-order valence-electron chi connectivity index (χ0n) is 11.1. The van der Waals surface area contributed by atoms with E-state index in [1.807, 2.05) is 25.1 Å². The minimum atomic E-state index is -0.253. The number of rotatable bonds is 3. The minimum Gasteiger partial charge on any atom is -0.321 e. The molecule has 0 atom stereocenters. The van der Waals surface area contributed by atoms with Crippen molar-refractivity contribution in [3.8, 4) is 0 Å². The van der Waals surface area contributed by atoms with Crippen LogP contribution in [0.5, 0.6) is 0 Å². The summed E-state index contributed by atoms with van der Waals surface area (Å²) in [6.45, 7) is 4.01. The van der Waals surface area contributed by atoms with Crippen molar-refractivity contribution in [2.24, 2.45) is 5.10 Å². The predicted octanol–water partition coefficient (Wildman–Crippen LogP) is 1.76. The molecule has 0 bridgehead atoms. The Morgan fingerprint density at radius 1 is 1.42 bits per heavy atom. The summed E-state index contributed by atoms with van der Waals surface area (Å²) in [5.74, 6) is -0.405. The van der Waals surface area contributed by atoms with Gasteiger partial charge in [-0.05, 0) is 30.5 Å². The Kier molecular flexibility index (Phi) is 3.94. The van der Waals surface area contributed by atoms with Gasteiger partial charge >= 0.3 is 0 Å². The molecule has 0 saturated heterocycles. The van der Waals surface area contributed by atoms with E-state index in [2.05, 4.69) is 22.8 Å². The number of anilines is 1. The molecule has 1 aromatic rings. The molecule has 1 aliphatic heterocycles. The van der Waals surface area contributed by atoms with Crippen LogP contribution in [0.15, 0.2) is 23.3 Å². The van der Waals surface area contributed by atoms with Crippen LogP contribution in [0.3, 0.4) is 0 Å². The fraction of sp³-hybridized carbons (Fsp3) is 0.357. The van der Waals surface area contributed by atoms with Gasteiger partial charge in [0, 0.05) is 18.5 Å². The Bertz CT molecular complexity index is 550. The molecule has 0 aliphatic carbocycles. The largest absolute Gasteiger partial charge is 0.321 e. The van der Waals surface area contributed by atoms with Crippen LogP contribution in [0.4, 0.5) is 5.69 Å². The van der Waals surface area contributed by atoms with Crippen LogP contribution in [0, 0.1) is 6.92 Å². The quantitative estimate of drug-likeness (QED) is 0.868. The van der Waals surface area contributed by atoms with Crippen molar-refractivity contribution in [3.05, 3.63) is 29.3 Å². The lowest BCUT2D eigenvalue weighted by Crippen LogP contribution is -2.32.